The van der Waals surface area contributed by atoms with E-state index in [1.54, 1.807) is 0 Å². The fourth-order valence-corrected chi connectivity index (χ4v) is 13.3. The van der Waals surface area contributed by atoms with Gasteiger partial charge in [-0.15, -0.1) is 0 Å². The average Bonchev–Trinajstić information content (AvgIpc) is 4.06. The summed E-state index contributed by atoms with van der Waals surface area (Å²) in [6.45, 7) is 18.8. The Morgan fingerprint density at radius 3 is 1.48 bits per heavy atom. The summed E-state index contributed by atoms with van der Waals surface area (Å²) < 4.78 is 0. The quantitative estimate of drug-likeness (QED) is 0.147. The molecular formula is C76H65N. The first-order valence-electron chi connectivity index (χ1n) is 27.5. The Bertz CT molecular complexity index is 4010. The molecule has 77 heavy (non-hydrogen) atoms. The van der Waals surface area contributed by atoms with Crippen LogP contribution in [-0.4, -0.2) is 0 Å². The summed E-state index contributed by atoms with van der Waals surface area (Å²) in [7, 11) is 0. The van der Waals surface area contributed by atoms with Crippen LogP contribution < -0.4 is 4.90 Å². The fraction of sp³-hybridized carbons (Fsp3) is 0.158. The normalized spacial score (nSPS) is 13.9. The van der Waals surface area contributed by atoms with Crippen LogP contribution in [0.3, 0.4) is 0 Å². The van der Waals surface area contributed by atoms with E-state index in [1.807, 2.05) is 0 Å². The van der Waals surface area contributed by atoms with Crippen LogP contribution in [0, 0.1) is 0 Å². The van der Waals surface area contributed by atoms with Crippen LogP contribution in [0.2, 0.25) is 0 Å². The summed E-state index contributed by atoms with van der Waals surface area (Å²) in [5.41, 5.74) is 25.5. The van der Waals surface area contributed by atoms with Crippen molar-refractivity contribution in [1.29, 1.82) is 0 Å². The molecule has 0 heterocycles. The molecule has 0 amide bonds. The zero-order valence-electron chi connectivity index (χ0n) is 45.6. The second-order valence-corrected chi connectivity index (χ2v) is 24.1. The standard InChI is InChI=1S/C76H65N/c1-73(2,3)55-45-52(46-56(48-55)74(4,5)6)59-36-22-25-50-26-23-38-65(71(50)59)64-35-17-20-42-70(64)77(57-32-21-27-51(47-57)60-37-24-39-66-62-34-15-18-40-67(62)75(7,8)72(60)66)58-43-44-63-61-33-16-19-41-68(61)76(69(63)49-58,53-28-11-9-12-29-53)54-30-13-10-14-31-54/h9-49H,1-8H3. The first-order chi connectivity index (χ1) is 37.2. The van der Waals surface area contributed by atoms with Gasteiger partial charge in [-0.1, -0.05) is 274 Å². The number of hydrogen-bond donors (Lipinski definition) is 0. The van der Waals surface area contributed by atoms with Crippen molar-refractivity contribution in [3.63, 3.8) is 0 Å². The molecule has 1 heteroatoms. The molecule has 0 fully saturated rings. The second kappa shape index (κ2) is 18.1. The van der Waals surface area contributed by atoms with Crippen LogP contribution in [0.4, 0.5) is 17.1 Å². The fourth-order valence-electron chi connectivity index (χ4n) is 13.3. The van der Waals surface area contributed by atoms with Crippen molar-refractivity contribution in [2.24, 2.45) is 0 Å². The van der Waals surface area contributed by atoms with Gasteiger partial charge in [0.1, 0.15) is 0 Å². The van der Waals surface area contributed by atoms with E-state index in [-0.39, 0.29) is 16.2 Å². The highest BCUT2D eigenvalue weighted by Crippen LogP contribution is 2.58. The average molecular weight is 992 g/mol. The first kappa shape index (κ1) is 48.1. The minimum Gasteiger partial charge on any atom is -0.310 e. The van der Waals surface area contributed by atoms with Crippen LogP contribution in [0.1, 0.15) is 99.9 Å². The van der Waals surface area contributed by atoms with E-state index in [4.69, 9.17) is 0 Å². The molecule has 0 saturated heterocycles. The number of hydrogen-bond acceptors (Lipinski definition) is 1. The molecule has 2 aliphatic carbocycles. The summed E-state index contributed by atoms with van der Waals surface area (Å²) in [6, 6.07) is 94.0. The van der Waals surface area contributed by atoms with Gasteiger partial charge in [0.05, 0.1) is 11.1 Å². The Morgan fingerprint density at radius 2 is 0.818 bits per heavy atom. The summed E-state index contributed by atoms with van der Waals surface area (Å²) >= 11 is 0. The second-order valence-electron chi connectivity index (χ2n) is 24.1. The van der Waals surface area contributed by atoms with E-state index in [9.17, 15) is 0 Å². The van der Waals surface area contributed by atoms with Gasteiger partial charge in [0.25, 0.3) is 0 Å². The lowest BCUT2D eigenvalue weighted by Gasteiger charge is -2.35. The van der Waals surface area contributed by atoms with Crippen molar-refractivity contribution < 1.29 is 0 Å². The summed E-state index contributed by atoms with van der Waals surface area (Å²) in [5, 5.41) is 2.47. The van der Waals surface area contributed by atoms with Crippen LogP contribution >= 0.6 is 0 Å². The molecule has 0 radical (unpaired) electrons. The van der Waals surface area contributed by atoms with Gasteiger partial charge in [-0.2, -0.15) is 0 Å². The van der Waals surface area contributed by atoms with Crippen molar-refractivity contribution in [3.05, 3.63) is 293 Å². The molecular weight excluding hydrogens is 927 g/mol. The molecule has 0 unspecified atom stereocenters. The molecule has 11 aromatic carbocycles. The highest BCUT2D eigenvalue weighted by Gasteiger charge is 2.46. The molecule has 0 bridgehead atoms. The Labute approximate surface area is 456 Å². The van der Waals surface area contributed by atoms with Crippen molar-refractivity contribution >= 4 is 27.8 Å². The molecule has 374 valence electrons. The molecule has 0 saturated carbocycles. The molecule has 11 aromatic rings. The summed E-state index contributed by atoms with van der Waals surface area (Å²) in [5.74, 6) is 0. The number of para-hydroxylation sites is 1. The van der Waals surface area contributed by atoms with Crippen molar-refractivity contribution in [1.82, 2.24) is 0 Å². The zero-order chi connectivity index (χ0) is 52.8. The van der Waals surface area contributed by atoms with E-state index in [0.717, 1.165) is 22.6 Å². The van der Waals surface area contributed by atoms with Gasteiger partial charge in [-0.05, 0) is 147 Å². The van der Waals surface area contributed by atoms with Crippen LogP contribution in [0.15, 0.2) is 249 Å². The van der Waals surface area contributed by atoms with Crippen LogP contribution in [-0.2, 0) is 21.7 Å². The third-order valence-corrected chi connectivity index (χ3v) is 17.0. The van der Waals surface area contributed by atoms with E-state index in [2.05, 4.69) is 309 Å². The molecule has 2 aliphatic rings. The summed E-state index contributed by atoms with van der Waals surface area (Å²) in [4.78, 5) is 2.55. The maximum atomic E-state index is 2.55. The Hall–Kier alpha value is -8.52. The monoisotopic (exact) mass is 992 g/mol. The first-order valence-corrected chi connectivity index (χ1v) is 27.5. The predicted molar refractivity (Wildman–Crippen MR) is 327 cm³/mol. The molecule has 13 rings (SSSR count). The molecule has 0 atom stereocenters. The lowest BCUT2D eigenvalue weighted by molar-refractivity contribution is 0.569. The topological polar surface area (TPSA) is 3.24 Å². The third-order valence-electron chi connectivity index (χ3n) is 17.0. The molecule has 0 N–H and O–H groups in total. The zero-order valence-corrected chi connectivity index (χ0v) is 45.6. The maximum absolute atomic E-state index is 2.55. The van der Waals surface area contributed by atoms with Gasteiger partial charge in [0.15, 0.2) is 0 Å². The van der Waals surface area contributed by atoms with Gasteiger partial charge in [0, 0.05) is 22.4 Å². The van der Waals surface area contributed by atoms with E-state index < -0.39 is 5.41 Å². The van der Waals surface area contributed by atoms with Gasteiger partial charge >= 0.3 is 0 Å². The van der Waals surface area contributed by atoms with Gasteiger partial charge < -0.3 is 4.90 Å². The largest absolute Gasteiger partial charge is 0.310 e. The van der Waals surface area contributed by atoms with Crippen molar-refractivity contribution in [2.75, 3.05) is 4.90 Å². The Morgan fingerprint density at radius 1 is 0.325 bits per heavy atom. The van der Waals surface area contributed by atoms with Crippen molar-refractivity contribution in [2.45, 2.75) is 77.0 Å². The lowest BCUT2D eigenvalue weighted by atomic mass is 9.67. The van der Waals surface area contributed by atoms with Crippen LogP contribution in [0.25, 0.3) is 66.4 Å². The SMILES string of the molecule is CC(C)(C)c1cc(-c2cccc3cccc(-c4ccccc4N(c4cccc(-c5cccc6c5C(C)(C)c5ccccc5-6)c4)c4ccc5c(c4)C(c4ccccc4)(c4ccccc4)c4ccccc4-5)c23)cc(C(C)(C)C)c1. The van der Waals surface area contributed by atoms with E-state index in [0.29, 0.717) is 0 Å². The number of nitrogens with zero attached hydrogens (tertiary/aromatic N) is 1. The smallest absolute Gasteiger partial charge is 0.0714 e. The lowest BCUT2D eigenvalue weighted by Crippen LogP contribution is -2.28. The predicted octanol–water partition coefficient (Wildman–Crippen LogP) is 20.6. The molecule has 0 spiro atoms. The Kier molecular flexibility index (Phi) is 11.3. The number of fused-ring (bicyclic) bond motifs is 7. The number of rotatable bonds is 8. The molecule has 0 aliphatic heterocycles. The summed E-state index contributed by atoms with van der Waals surface area (Å²) in [6.07, 6.45) is 0. The maximum Gasteiger partial charge on any atom is 0.0714 e. The van der Waals surface area contributed by atoms with Crippen LogP contribution in [0.5, 0.6) is 0 Å². The van der Waals surface area contributed by atoms with Gasteiger partial charge in [-0.3, -0.25) is 0 Å². The number of benzene rings is 11. The van der Waals surface area contributed by atoms with E-state index in [1.165, 1.54) is 105 Å². The molecule has 1 nitrogen and oxygen atoms in total. The van der Waals surface area contributed by atoms with Gasteiger partial charge in [-0.25, -0.2) is 0 Å². The Balaban J connectivity index is 1.08. The molecule has 0 aromatic heterocycles. The minimum absolute atomic E-state index is 0.0273. The van der Waals surface area contributed by atoms with E-state index >= 15 is 0 Å². The van der Waals surface area contributed by atoms with Gasteiger partial charge in [0.2, 0.25) is 0 Å². The highest BCUT2D eigenvalue weighted by molar-refractivity contribution is 6.09. The van der Waals surface area contributed by atoms with Crippen molar-refractivity contribution in [3.8, 4) is 55.6 Å². The number of anilines is 3. The third kappa shape index (κ3) is 7.73. The highest BCUT2D eigenvalue weighted by atomic mass is 15.1. The minimum atomic E-state index is -0.569.